The third-order valence-corrected chi connectivity index (χ3v) is 5.67. The maximum Gasteiger partial charge on any atom is 0.253 e. The SMILES string of the molecule is COc1ccc2c(c1)CCOC21CCN(C(=O)c2ccc(C#N)cc2)CC1. The number of carbonyl (C=O) groups is 1. The van der Waals surface area contributed by atoms with Gasteiger partial charge in [-0.3, -0.25) is 4.79 Å². The number of carbonyl (C=O) groups excluding carboxylic acids is 1. The molecule has 2 aliphatic heterocycles. The highest BCUT2D eigenvalue weighted by Crippen LogP contribution is 2.42. The molecule has 0 aromatic heterocycles. The number of ether oxygens (including phenoxy) is 2. The smallest absolute Gasteiger partial charge is 0.253 e. The number of hydrogen-bond acceptors (Lipinski definition) is 4. The molecule has 1 spiro atoms. The fraction of sp³-hybridized carbons (Fsp3) is 0.364. The molecule has 1 fully saturated rings. The molecule has 2 aromatic rings. The van der Waals surface area contributed by atoms with Gasteiger partial charge in [0.05, 0.1) is 31.0 Å². The lowest BCUT2D eigenvalue weighted by Gasteiger charge is -2.45. The Morgan fingerprint density at radius 1 is 1.19 bits per heavy atom. The molecular formula is C22H22N2O3. The summed E-state index contributed by atoms with van der Waals surface area (Å²) in [6, 6.07) is 15.1. The fourth-order valence-corrected chi connectivity index (χ4v) is 4.14. The zero-order valence-electron chi connectivity index (χ0n) is 15.4. The molecule has 1 amide bonds. The van der Waals surface area contributed by atoms with E-state index in [9.17, 15) is 4.79 Å². The number of nitrogens with zero attached hydrogens (tertiary/aromatic N) is 2. The van der Waals surface area contributed by atoms with Gasteiger partial charge in [-0.15, -0.1) is 0 Å². The Morgan fingerprint density at radius 2 is 1.93 bits per heavy atom. The van der Waals surface area contributed by atoms with Crippen LogP contribution >= 0.6 is 0 Å². The van der Waals surface area contributed by atoms with Crippen LogP contribution in [0.15, 0.2) is 42.5 Å². The summed E-state index contributed by atoms with van der Waals surface area (Å²) in [5.41, 5.74) is 3.40. The topological polar surface area (TPSA) is 62.6 Å². The molecule has 4 rings (SSSR count). The Bertz CT molecular complexity index is 891. The zero-order valence-corrected chi connectivity index (χ0v) is 15.4. The zero-order chi connectivity index (χ0) is 18.9. The minimum absolute atomic E-state index is 0.0140. The van der Waals surface area contributed by atoms with Gasteiger partial charge in [-0.2, -0.15) is 5.26 Å². The van der Waals surface area contributed by atoms with Crippen LogP contribution in [-0.4, -0.2) is 37.6 Å². The highest BCUT2D eigenvalue weighted by molar-refractivity contribution is 5.94. The first-order valence-corrected chi connectivity index (χ1v) is 9.26. The summed E-state index contributed by atoms with van der Waals surface area (Å²) in [6.45, 7) is 2.01. The van der Waals surface area contributed by atoms with Crippen molar-refractivity contribution in [3.05, 3.63) is 64.7 Å². The van der Waals surface area contributed by atoms with Gasteiger partial charge in [0.15, 0.2) is 0 Å². The second kappa shape index (κ2) is 7.05. The first-order chi connectivity index (χ1) is 13.1. The van der Waals surface area contributed by atoms with Crippen LogP contribution in [-0.2, 0) is 16.8 Å². The molecule has 0 radical (unpaired) electrons. The minimum atomic E-state index is -0.304. The normalized spacial score (nSPS) is 17.9. The molecule has 0 unspecified atom stereocenters. The van der Waals surface area contributed by atoms with E-state index in [4.69, 9.17) is 14.7 Å². The summed E-state index contributed by atoms with van der Waals surface area (Å²) in [5.74, 6) is 0.888. The van der Waals surface area contributed by atoms with E-state index in [2.05, 4.69) is 18.2 Å². The lowest BCUT2D eigenvalue weighted by Crippen LogP contribution is -2.48. The highest BCUT2D eigenvalue weighted by Gasteiger charge is 2.41. The Labute approximate surface area is 159 Å². The Balaban J connectivity index is 1.51. The van der Waals surface area contributed by atoms with Crippen molar-refractivity contribution >= 4 is 5.91 Å². The standard InChI is InChI=1S/C22H22N2O3/c1-26-19-6-7-20-18(14-19)8-13-27-22(20)9-11-24(12-10-22)21(25)17-4-2-16(15-23)3-5-17/h2-7,14H,8-13H2,1H3. The van der Waals surface area contributed by atoms with E-state index in [0.717, 1.165) is 25.0 Å². The highest BCUT2D eigenvalue weighted by atomic mass is 16.5. The van der Waals surface area contributed by atoms with Gasteiger partial charge in [-0.1, -0.05) is 6.07 Å². The average molecular weight is 362 g/mol. The molecule has 27 heavy (non-hydrogen) atoms. The summed E-state index contributed by atoms with van der Waals surface area (Å²) in [5, 5.41) is 8.90. The van der Waals surface area contributed by atoms with Gasteiger partial charge >= 0.3 is 0 Å². The molecule has 5 heteroatoms. The Morgan fingerprint density at radius 3 is 2.59 bits per heavy atom. The predicted molar refractivity (Wildman–Crippen MR) is 101 cm³/mol. The number of likely N-dealkylation sites (tertiary alicyclic amines) is 1. The van der Waals surface area contributed by atoms with Crippen LogP contribution in [0.25, 0.3) is 0 Å². The summed E-state index contributed by atoms with van der Waals surface area (Å²) < 4.78 is 11.6. The molecule has 0 N–H and O–H groups in total. The molecule has 2 aromatic carbocycles. The first kappa shape index (κ1) is 17.6. The fourth-order valence-electron chi connectivity index (χ4n) is 4.14. The molecule has 5 nitrogen and oxygen atoms in total. The van der Waals surface area contributed by atoms with E-state index >= 15 is 0 Å². The molecule has 2 heterocycles. The summed E-state index contributed by atoms with van der Waals surface area (Å²) >= 11 is 0. The van der Waals surface area contributed by atoms with Crippen molar-refractivity contribution in [1.29, 1.82) is 5.26 Å². The Hall–Kier alpha value is -2.84. The summed E-state index contributed by atoms with van der Waals surface area (Å²) in [6.07, 6.45) is 2.46. The predicted octanol–water partition coefficient (Wildman–Crippen LogP) is 3.27. The number of fused-ring (bicyclic) bond motifs is 2. The number of amides is 1. The van der Waals surface area contributed by atoms with Crippen LogP contribution in [0.5, 0.6) is 5.75 Å². The van der Waals surface area contributed by atoms with Gasteiger partial charge < -0.3 is 14.4 Å². The number of benzene rings is 2. The van der Waals surface area contributed by atoms with Crippen LogP contribution in [0.4, 0.5) is 0 Å². The lowest BCUT2D eigenvalue weighted by molar-refractivity contribution is -0.0935. The minimum Gasteiger partial charge on any atom is -0.497 e. The van der Waals surface area contributed by atoms with Crippen LogP contribution in [0.2, 0.25) is 0 Å². The molecule has 1 saturated heterocycles. The van der Waals surface area contributed by atoms with Crippen LogP contribution in [0.1, 0.15) is 39.9 Å². The molecule has 0 atom stereocenters. The number of rotatable bonds is 2. The van der Waals surface area contributed by atoms with Crippen molar-refractivity contribution in [2.45, 2.75) is 24.9 Å². The monoisotopic (exact) mass is 362 g/mol. The number of methoxy groups -OCH3 is 1. The summed E-state index contributed by atoms with van der Waals surface area (Å²) in [4.78, 5) is 14.7. The van der Waals surface area contributed by atoms with E-state index in [0.29, 0.717) is 30.8 Å². The lowest BCUT2D eigenvalue weighted by atomic mass is 9.79. The Kier molecular flexibility index (Phi) is 4.59. The molecule has 2 aliphatic rings. The van der Waals surface area contributed by atoms with E-state index in [1.165, 1.54) is 11.1 Å². The molecular weight excluding hydrogens is 340 g/mol. The number of nitriles is 1. The second-order valence-electron chi connectivity index (χ2n) is 7.10. The summed E-state index contributed by atoms with van der Waals surface area (Å²) in [7, 11) is 1.68. The van der Waals surface area contributed by atoms with Crippen molar-refractivity contribution < 1.29 is 14.3 Å². The molecule has 0 bridgehead atoms. The van der Waals surface area contributed by atoms with Crippen molar-refractivity contribution in [1.82, 2.24) is 4.90 Å². The molecule has 0 saturated carbocycles. The van der Waals surface area contributed by atoms with Crippen LogP contribution < -0.4 is 4.74 Å². The van der Waals surface area contributed by atoms with Gasteiger partial charge in [0.25, 0.3) is 5.91 Å². The van der Waals surface area contributed by atoms with Gasteiger partial charge in [0.1, 0.15) is 5.75 Å². The third-order valence-electron chi connectivity index (χ3n) is 5.67. The van der Waals surface area contributed by atoms with Gasteiger partial charge in [-0.25, -0.2) is 0 Å². The van der Waals surface area contributed by atoms with Crippen LogP contribution in [0.3, 0.4) is 0 Å². The third kappa shape index (κ3) is 3.17. The quantitative estimate of drug-likeness (QED) is 0.823. The van der Waals surface area contributed by atoms with Crippen molar-refractivity contribution in [2.75, 3.05) is 26.8 Å². The van der Waals surface area contributed by atoms with E-state index in [1.54, 1.807) is 31.4 Å². The van der Waals surface area contributed by atoms with E-state index < -0.39 is 0 Å². The van der Waals surface area contributed by atoms with Gasteiger partial charge in [-0.05, 0) is 66.8 Å². The molecule has 138 valence electrons. The van der Waals surface area contributed by atoms with Crippen molar-refractivity contribution in [3.8, 4) is 11.8 Å². The first-order valence-electron chi connectivity index (χ1n) is 9.26. The largest absolute Gasteiger partial charge is 0.497 e. The van der Waals surface area contributed by atoms with Gasteiger partial charge in [0.2, 0.25) is 0 Å². The van der Waals surface area contributed by atoms with Crippen LogP contribution in [0, 0.1) is 11.3 Å². The maximum absolute atomic E-state index is 12.8. The molecule has 0 aliphatic carbocycles. The number of piperidine rings is 1. The second-order valence-corrected chi connectivity index (χ2v) is 7.10. The van der Waals surface area contributed by atoms with Crippen molar-refractivity contribution in [3.63, 3.8) is 0 Å². The van der Waals surface area contributed by atoms with E-state index in [1.807, 2.05) is 11.0 Å². The van der Waals surface area contributed by atoms with Crippen molar-refractivity contribution in [2.24, 2.45) is 0 Å². The average Bonchev–Trinajstić information content (AvgIpc) is 2.74. The van der Waals surface area contributed by atoms with Gasteiger partial charge in [0, 0.05) is 18.7 Å². The number of hydrogen-bond donors (Lipinski definition) is 0. The maximum atomic E-state index is 12.8. The van der Waals surface area contributed by atoms with E-state index in [-0.39, 0.29) is 11.5 Å².